The minimum atomic E-state index is 0.691. The van der Waals surface area contributed by atoms with Gasteiger partial charge in [0, 0.05) is 9.75 Å². The first-order valence-electron chi connectivity index (χ1n) is 5.16. The molecule has 0 aliphatic rings. The quantitative estimate of drug-likeness (QED) is 0.865. The lowest BCUT2D eigenvalue weighted by Gasteiger charge is -2.01. The van der Waals surface area contributed by atoms with Gasteiger partial charge in [0.25, 0.3) is 0 Å². The van der Waals surface area contributed by atoms with Crippen molar-refractivity contribution in [3.63, 3.8) is 0 Å². The van der Waals surface area contributed by atoms with Crippen LogP contribution >= 0.6 is 11.3 Å². The third-order valence-electron chi connectivity index (χ3n) is 2.46. The van der Waals surface area contributed by atoms with Crippen molar-refractivity contribution in [2.75, 3.05) is 7.05 Å². The molecule has 2 aromatic heterocycles. The molecule has 0 spiro atoms. The fourth-order valence-corrected chi connectivity index (χ4v) is 2.54. The van der Waals surface area contributed by atoms with E-state index in [1.54, 1.807) is 11.3 Å². The number of nitrogens with one attached hydrogen (secondary N) is 1. The Balaban J connectivity index is 2.16. The molecule has 1 N–H and O–H groups in total. The highest BCUT2D eigenvalue weighted by atomic mass is 32.1. The van der Waals surface area contributed by atoms with Gasteiger partial charge in [0.1, 0.15) is 0 Å². The molecule has 0 aliphatic heterocycles. The van der Waals surface area contributed by atoms with Gasteiger partial charge in [0.2, 0.25) is 0 Å². The van der Waals surface area contributed by atoms with E-state index in [0.29, 0.717) is 6.54 Å². The third-order valence-corrected chi connectivity index (χ3v) is 3.60. The van der Waals surface area contributed by atoms with Crippen LogP contribution in [0.25, 0.3) is 0 Å². The number of aryl methyl sites for hydroxylation is 2. The molecule has 0 saturated heterocycles. The first-order chi connectivity index (χ1) is 7.70. The Morgan fingerprint density at radius 1 is 1.44 bits per heavy atom. The van der Waals surface area contributed by atoms with E-state index in [4.69, 9.17) is 0 Å². The molecule has 0 radical (unpaired) electrons. The molecule has 86 valence electrons. The van der Waals surface area contributed by atoms with Crippen molar-refractivity contribution in [1.82, 2.24) is 25.5 Å². The van der Waals surface area contributed by atoms with Crippen LogP contribution in [-0.4, -0.2) is 27.3 Å². The van der Waals surface area contributed by atoms with Crippen molar-refractivity contribution < 1.29 is 0 Å². The second-order valence-corrected chi connectivity index (χ2v) is 5.08. The molecule has 0 aromatic carbocycles. The maximum atomic E-state index is 3.99. The summed E-state index contributed by atoms with van der Waals surface area (Å²) in [5.74, 6) is 0.867. The Kier molecular flexibility index (Phi) is 3.31. The van der Waals surface area contributed by atoms with Crippen molar-refractivity contribution in [3.8, 4) is 0 Å². The predicted octanol–water partition coefficient (Wildman–Crippen LogP) is 1.12. The highest BCUT2D eigenvalue weighted by Gasteiger charge is 2.08. The van der Waals surface area contributed by atoms with Gasteiger partial charge >= 0.3 is 0 Å². The third kappa shape index (κ3) is 2.28. The monoisotopic (exact) mass is 237 g/mol. The summed E-state index contributed by atoms with van der Waals surface area (Å²) in [4.78, 5) is 2.65. The molecule has 0 aliphatic carbocycles. The number of nitrogens with zero attached hydrogens (tertiary/aromatic N) is 4. The lowest BCUT2D eigenvalue weighted by Crippen LogP contribution is -2.13. The molecule has 0 atom stereocenters. The Morgan fingerprint density at radius 3 is 2.88 bits per heavy atom. The van der Waals surface area contributed by atoms with E-state index in [1.165, 1.54) is 15.3 Å². The highest BCUT2D eigenvalue weighted by Crippen LogP contribution is 2.21. The molecule has 0 amide bonds. The smallest absolute Gasteiger partial charge is 0.165 e. The number of aromatic nitrogens is 4. The zero-order chi connectivity index (χ0) is 11.5. The molecular weight excluding hydrogens is 222 g/mol. The van der Waals surface area contributed by atoms with E-state index < -0.39 is 0 Å². The molecule has 0 saturated carbocycles. The Hall–Kier alpha value is -1.27. The average Bonchev–Trinajstić information content (AvgIpc) is 2.77. The second kappa shape index (κ2) is 4.71. The molecule has 2 rings (SSSR count). The number of tetrazole rings is 1. The summed E-state index contributed by atoms with van der Waals surface area (Å²) in [6.07, 6.45) is 0. The lowest BCUT2D eigenvalue weighted by molar-refractivity contribution is 0.605. The van der Waals surface area contributed by atoms with Gasteiger partial charge in [-0.3, -0.25) is 0 Å². The van der Waals surface area contributed by atoms with Gasteiger partial charge in [-0.15, -0.1) is 16.4 Å². The molecule has 0 fully saturated rings. The van der Waals surface area contributed by atoms with Crippen LogP contribution in [0.1, 0.15) is 21.1 Å². The van der Waals surface area contributed by atoms with Crippen LogP contribution in [0, 0.1) is 13.8 Å². The summed E-state index contributed by atoms with van der Waals surface area (Å²) < 4.78 is 1.83. The second-order valence-electron chi connectivity index (χ2n) is 3.74. The maximum Gasteiger partial charge on any atom is 0.165 e. The van der Waals surface area contributed by atoms with Crippen LogP contribution in [0.15, 0.2) is 6.07 Å². The first-order valence-corrected chi connectivity index (χ1v) is 5.98. The maximum absolute atomic E-state index is 3.99. The van der Waals surface area contributed by atoms with Crippen LogP contribution in [0.3, 0.4) is 0 Å². The van der Waals surface area contributed by atoms with Gasteiger partial charge in [-0.25, -0.2) is 4.68 Å². The van der Waals surface area contributed by atoms with Gasteiger partial charge < -0.3 is 5.32 Å². The fourth-order valence-electron chi connectivity index (χ4n) is 1.51. The number of thiophene rings is 1. The van der Waals surface area contributed by atoms with Crippen LogP contribution in [0.5, 0.6) is 0 Å². The molecule has 16 heavy (non-hydrogen) atoms. The summed E-state index contributed by atoms with van der Waals surface area (Å²) >= 11 is 1.80. The summed E-state index contributed by atoms with van der Waals surface area (Å²) in [6, 6.07) is 2.20. The zero-order valence-corrected chi connectivity index (χ0v) is 10.5. The normalized spacial score (nSPS) is 10.9. The van der Waals surface area contributed by atoms with Crippen molar-refractivity contribution in [2.45, 2.75) is 26.9 Å². The SMILES string of the molecule is CNCc1nnnn1Cc1cc(C)c(C)s1. The standard InChI is InChI=1S/C10H15N5S/c1-7-4-9(16-8(7)2)6-15-10(5-11-3)12-13-14-15/h4,11H,5-6H2,1-3H3. The van der Waals surface area contributed by atoms with Crippen LogP contribution in [0.2, 0.25) is 0 Å². The van der Waals surface area contributed by atoms with Crippen LogP contribution < -0.4 is 5.32 Å². The number of rotatable bonds is 4. The van der Waals surface area contributed by atoms with Gasteiger partial charge in [-0.2, -0.15) is 0 Å². The summed E-state index contributed by atoms with van der Waals surface area (Å²) in [7, 11) is 1.89. The van der Waals surface area contributed by atoms with Crippen LogP contribution in [-0.2, 0) is 13.1 Å². The van der Waals surface area contributed by atoms with E-state index in [9.17, 15) is 0 Å². The van der Waals surface area contributed by atoms with Gasteiger partial charge in [0.15, 0.2) is 5.82 Å². The average molecular weight is 237 g/mol. The zero-order valence-electron chi connectivity index (χ0n) is 9.69. The van der Waals surface area contributed by atoms with E-state index in [0.717, 1.165) is 12.4 Å². The molecule has 0 bridgehead atoms. The van der Waals surface area contributed by atoms with E-state index in [2.05, 4.69) is 40.8 Å². The largest absolute Gasteiger partial charge is 0.313 e. The summed E-state index contributed by atoms with van der Waals surface area (Å²) in [6.45, 7) is 5.71. The minimum absolute atomic E-state index is 0.691. The molecule has 5 nitrogen and oxygen atoms in total. The number of hydrogen-bond acceptors (Lipinski definition) is 5. The highest BCUT2D eigenvalue weighted by molar-refractivity contribution is 7.12. The van der Waals surface area contributed by atoms with Gasteiger partial charge in [-0.05, 0) is 43.0 Å². The Labute approximate surface area is 98.5 Å². The fraction of sp³-hybridized carbons (Fsp3) is 0.500. The molecule has 2 heterocycles. The number of hydrogen-bond donors (Lipinski definition) is 1. The van der Waals surface area contributed by atoms with Crippen molar-refractivity contribution in [1.29, 1.82) is 0 Å². The van der Waals surface area contributed by atoms with E-state index >= 15 is 0 Å². The molecular formula is C10H15N5S. The van der Waals surface area contributed by atoms with Crippen molar-refractivity contribution in [3.05, 3.63) is 27.2 Å². The molecule has 6 heteroatoms. The van der Waals surface area contributed by atoms with E-state index in [-0.39, 0.29) is 0 Å². The van der Waals surface area contributed by atoms with Gasteiger partial charge in [0.05, 0.1) is 13.1 Å². The lowest BCUT2D eigenvalue weighted by atomic mass is 10.3. The predicted molar refractivity (Wildman–Crippen MR) is 63.5 cm³/mol. The summed E-state index contributed by atoms with van der Waals surface area (Å²) in [5, 5.41) is 14.7. The van der Waals surface area contributed by atoms with Crippen molar-refractivity contribution >= 4 is 11.3 Å². The van der Waals surface area contributed by atoms with E-state index in [1.807, 2.05) is 11.7 Å². The molecule has 0 unspecified atom stereocenters. The summed E-state index contributed by atoms with van der Waals surface area (Å²) in [5.41, 5.74) is 1.34. The minimum Gasteiger partial charge on any atom is -0.313 e. The van der Waals surface area contributed by atoms with Crippen molar-refractivity contribution in [2.24, 2.45) is 0 Å². The molecule has 2 aromatic rings. The van der Waals surface area contributed by atoms with Crippen LogP contribution in [0.4, 0.5) is 0 Å². The topological polar surface area (TPSA) is 55.6 Å². The first kappa shape index (κ1) is 11.2. The Bertz CT molecular complexity index is 454. The van der Waals surface area contributed by atoms with Gasteiger partial charge in [-0.1, -0.05) is 0 Å². The Morgan fingerprint density at radius 2 is 2.25 bits per heavy atom.